The minimum absolute atomic E-state index is 0.163. The highest BCUT2D eigenvalue weighted by atomic mass is 16.4. The quantitative estimate of drug-likeness (QED) is 0.622. The summed E-state index contributed by atoms with van der Waals surface area (Å²) in [4.78, 5) is 21.1. The Morgan fingerprint density at radius 2 is 2.00 bits per heavy atom. The van der Waals surface area contributed by atoms with Crippen LogP contribution < -0.4 is 0 Å². The van der Waals surface area contributed by atoms with Crippen LogP contribution in [0, 0.1) is 5.92 Å². The molecule has 12 heavy (non-hydrogen) atoms. The molecule has 1 N–H and O–H groups in total. The summed E-state index contributed by atoms with van der Waals surface area (Å²) in [5.74, 6) is -0.867. The third-order valence-corrected chi connectivity index (χ3v) is 1.71. The van der Waals surface area contributed by atoms with Crippen molar-refractivity contribution in [3.05, 3.63) is 0 Å². The summed E-state index contributed by atoms with van der Waals surface area (Å²) in [6.07, 6.45) is 2.11. The molecular formula is C9H16O3. The average Bonchev–Trinajstić information content (AvgIpc) is 1.84. The molecule has 0 spiro atoms. The largest absolute Gasteiger partial charge is 0.481 e. The molecule has 0 saturated heterocycles. The zero-order valence-corrected chi connectivity index (χ0v) is 7.67. The summed E-state index contributed by atoms with van der Waals surface area (Å²) in [5, 5.41) is 8.31. The van der Waals surface area contributed by atoms with Gasteiger partial charge in [0.05, 0.1) is 0 Å². The van der Waals surface area contributed by atoms with E-state index in [1.165, 1.54) is 0 Å². The standard InChI is InChI=1S/C9H16O3/c1-3-4-7(2)5-8(10)6-9(11)12/h7H,3-6H2,1-2H3,(H,11,12)/t7-/m1/s1. The average molecular weight is 172 g/mol. The van der Waals surface area contributed by atoms with Crippen LogP contribution in [0.1, 0.15) is 39.5 Å². The summed E-state index contributed by atoms with van der Waals surface area (Å²) in [6.45, 7) is 4.03. The Morgan fingerprint density at radius 3 is 2.42 bits per heavy atom. The fraction of sp³-hybridized carbons (Fsp3) is 0.778. The second-order valence-corrected chi connectivity index (χ2v) is 3.21. The maximum absolute atomic E-state index is 11.0. The van der Waals surface area contributed by atoms with Gasteiger partial charge in [-0.25, -0.2) is 0 Å². The zero-order chi connectivity index (χ0) is 9.56. The zero-order valence-electron chi connectivity index (χ0n) is 7.67. The second kappa shape index (κ2) is 5.75. The maximum Gasteiger partial charge on any atom is 0.310 e. The van der Waals surface area contributed by atoms with Crippen LogP contribution in [-0.4, -0.2) is 16.9 Å². The first-order valence-corrected chi connectivity index (χ1v) is 4.29. The van der Waals surface area contributed by atoms with Crippen molar-refractivity contribution in [3.8, 4) is 0 Å². The number of carboxylic acids is 1. The molecule has 3 nitrogen and oxygen atoms in total. The van der Waals surface area contributed by atoms with Gasteiger partial charge in [0.2, 0.25) is 0 Å². The number of carbonyl (C=O) groups excluding carboxylic acids is 1. The molecule has 0 heterocycles. The molecule has 1 atom stereocenters. The van der Waals surface area contributed by atoms with Gasteiger partial charge in [0.1, 0.15) is 12.2 Å². The van der Waals surface area contributed by atoms with Crippen LogP contribution in [0.25, 0.3) is 0 Å². The van der Waals surface area contributed by atoms with E-state index in [-0.39, 0.29) is 12.2 Å². The monoisotopic (exact) mass is 172 g/mol. The first kappa shape index (κ1) is 11.1. The minimum atomic E-state index is -1.02. The van der Waals surface area contributed by atoms with E-state index in [0.29, 0.717) is 12.3 Å². The number of aliphatic carboxylic acids is 1. The number of rotatable bonds is 6. The smallest absolute Gasteiger partial charge is 0.310 e. The molecular weight excluding hydrogens is 156 g/mol. The van der Waals surface area contributed by atoms with Crippen molar-refractivity contribution in [2.24, 2.45) is 5.92 Å². The SMILES string of the molecule is CCC[C@@H](C)CC(=O)CC(=O)O. The van der Waals surface area contributed by atoms with Crippen molar-refractivity contribution in [1.29, 1.82) is 0 Å². The summed E-state index contributed by atoms with van der Waals surface area (Å²) < 4.78 is 0. The van der Waals surface area contributed by atoms with Crippen LogP contribution in [0.2, 0.25) is 0 Å². The third kappa shape index (κ3) is 5.89. The molecule has 0 amide bonds. The van der Waals surface area contributed by atoms with Crippen LogP contribution in [0.3, 0.4) is 0 Å². The van der Waals surface area contributed by atoms with Crippen molar-refractivity contribution < 1.29 is 14.7 Å². The topological polar surface area (TPSA) is 54.4 Å². The van der Waals surface area contributed by atoms with Gasteiger partial charge >= 0.3 is 5.97 Å². The lowest BCUT2D eigenvalue weighted by Crippen LogP contribution is -2.10. The molecule has 0 aliphatic heterocycles. The van der Waals surface area contributed by atoms with E-state index < -0.39 is 5.97 Å². The van der Waals surface area contributed by atoms with Crippen LogP contribution in [-0.2, 0) is 9.59 Å². The molecule has 0 fully saturated rings. The van der Waals surface area contributed by atoms with E-state index in [2.05, 4.69) is 6.92 Å². The Balaban J connectivity index is 3.61. The summed E-state index contributed by atoms with van der Waals surface area (Å²) in [7, 11) is 0. The molecule has 0 aliphatic rings. The number of carboxylic acid groups (broad SMARTS) is 1. The van der Waals surface area contributed by atoms with Crippen LogP contribution in [0.5, 0.6) is 0 Å². The molecule has 0 aromatic heterocycles. The van der Waals surface area contributed by atoms with Gasteiger partial charge < -0.3 is 5.11 Å². The molecule has 3 heteroatoms. The van der Waals surface area contributed by atoms with Gasteiger partial charge in [-0.3, -0.25) is 9.59 Å². The van der Waals surface area contributed by atoms with Gasteiger partial charge in [0.15, 0.2) is 0 Å². The fourth-order valence-corrected chi connectivity index (χ4v) is 1.22. The van der Waals surface area contributed by atoms with E-state index in [1.54, 1.807) is 0 Å². The van der Waals surface area contributed by atoms with Gasteiger partial charge in [0.25, 0.3) is 0 Å². The minimum Gasteiger partial charge on any atom is -0.481 e. The number of carbonyl (C=O) groups is 2. The first-order valence-electron chi connectivity index (χ1n) is 4.29. The Labute approximate surface area is 72.8 Å². The highest BCUT2D eigenvalue weighted by molar-refractivity contribution is 5.94. The van der Waals surface area contributed by atoms with Crippen LogP contribution >= 0.6 is 0 Å². The maximum atomic E-state index is 11.0. The van der Waals surface area contributed by atoms with E-state index >= 15 is 0 Å². The molecule has 0 bridgehead atoms. The molecule has 70 valence electrons. The molecule has 0 radical (unpaired) electrons. The summed E-state index contributed by atoms with van der Waals surface area (Å²) in [6, 6.07) is 0. The van der Waals surface area contributed by atoms with E-state index in [1.807, 2.05) is 6.92 Å². The van der Waals surface area contributed by atoms with Crippen molar-refractivity contribution in [2.75, 3.05) is 0 Å². The highest BCUT2D eigenvalue weighted by Crippen LogP contribution is 2.10. The lowest BCUT2D eigenvalue weighted by molar-refractivity contribution is -0.140. The Morgan fingerprint density at radius 1 is 1.42 bits per heavy atom. The van der Waals surface area contributed by atoms with Crippen LogP contribution in [0.15, 0.2) is 0 Å². The molecule has 0 aromatic rings. The Kier molecular flexibility index (Phi) is 5.34. The van der Waals surface area contributed by atoms with Crippen molar-refractivity contribution in [2.45, 2.75) is 39.5 Å². The van der Waals surface area contributed by atoms with Crippen molar-refractivity contribution >= 4 is 11.8 Å². The van der Waals surface area contributed by atoms with Gasteiger partial charge in [-0.05, 0) is 5.92 Å². The van der Waals surface area contributed by atoms with Gasteiger partial charge in [0, 0.05) is 6.42 Å². The fourth-order valence-electron chi connectivity index (χ4n) is 1.22. The van der Waals surface area contributed by atoms with E-state index in [0.717, 1.165) is 12.8 Å². The van der Waals surface area contributed by atoms with Gasteiger partial charge in [-0.2, -0.15) is 0 Å². The molecule has 0 aliphatic carbocycles. The summed E-state index contributed by atoms with van der Waals surface area (Å²) >= 11 is 0. The highest BCUT2D eigenvalue weighted by Gasteiger charge is 2.11. The summed E-state index contributed by atoms with van der Waals surface area (Å²) in [5.41, 5.74) is 0. The third-order valence-electron chi connectivity index (χ3n) is 1.71. The van der Waals surface area contributed by atoms with E-state index in [4.69, 9.17) is 5.11 Å². The normalized spacial score (nSPS) is 12.5. The second-order valence-electron chi connectivity index (χ2n) is 3.21. The van der Waals surface area contributed by atoms with Crippen molar-refractivity contribution in [3.63, 3.8) is 0 Å². The lowest BCUT2D eigenvalue weighted by Gasteiger charge is -2.06. The number of Topliss-reactive ketones (excluding diaryl/α,β-unsaturated/α-hetero) is 1. The molecule has 0 aromatic carbocycles. The van der Waals surface area contributed by atoms with Gasteiger partial charge in [-0.1, -0.05) is 26.7 Å². The first-order chi connectivity index (χ1) is 5.56. The molecule has 0 unspecified atom stereocenters. The Hall–Kier alpha value is -0.860. The predicted molar refractivity (Wildman–Crippen MR) is 45.9 cm³/mol. The van der Waals surface area contributed by atoms with Crippen LogP contribution in [0.4, 0.5) is 0 Å². The van der Waals surface area contributed by atoms with Crippen molar-refractivity contribution in [1.82, 2.24) is 0 Å². The predicted octanol–water partition coefficient (Wildman–Crippen LogP) is 1.86. The van der Waals surface area contributed by atoms with E-state index in [9.17, 15) is 9.59 Å². The molecule has 0 rings (SSSR count). The molecule has 0 saturated carbocycles. The number of hydrogen-bond acceptors (Lipinski definition) is 2. The lowest BCUT2D eigenvalue weighted by atomic mass is 9.98. The number of hydrogen-bond donors (Lipinski definition) is 1. The van der Waals surface area contributed by atoms with Gasteiger partial charge in [-0.15, -0.1) is 0 Å². The number of ketones is 1. The Bertz CT molecular complexity index is 163.